The number of hydrogen-bond donors (Lipinski definition) is 1. The Kier molecular flexibility index (Phi) is 4.59. The molecule has 14 heavy (non-hydrogen) atoms. The summed E-state index contributed by atoms with van der Waals surface area (Å²) in [4.78, 5) is 13.5. The lowest BCUT2D eigenvalue weighted by molar-refractivity contribution is -0.122. The van der Waals surface area contributed by atoms with E-state index in [9.17, 15) is 4.79 Å². The molecule has 1 fully saturated rings. The molecule has 1 amide bonds. The predicted molar refractivity (Wildman–Crippen MR) is 57.2 cm³/mol. The van der Waals surface area contributed by atoms with Gasteiger partial charge in [0.2, 0.25) is 0 Å². The van der Waals surface area contributed by atoms with Crippen LogP contribution in [0.3, 0.4) is 0 Å². The Morgan fingerprint density at radius 1 is 1.29 bits per heavy atom. The van der Waals surface area contributed by atoms with Gasteiger partial charge < -0.3 is 0 Å². The van der Waals surface area contributed by atoms with Gasteiger partial charge in [0.15, 0.2) is 0 Å². The van der Waals surface area contributed by atoms with E-state index in [0.29, 0.717) is 6.54 Å². The monoisotopic (exact) mass is 197 g/mol. The van der Waals surface area contributed by atoms with E-state index in [4.69, 9.17) is 0 Å². The van der Waals surface area contributed by atoms with Crippen molar-refractivity contribution in [2.75, 3.05) is 19.6 Å². The number of hydrogen-bond acceptors (Lipinski definition) is 3. The highest BCUT2D eigenvalue weighted by Crippen LogP contribution is 2.07. The van der Waals surface area contributed by atoms with E-state index >= 15 is 0 Å². The molecule has 0 aromatic rings. The molecule has 0 atom stereocenters. The van der Waals surface area contributed by atoms with Gasteiger partial charge in [-0.3, -0.25) is 9.69 Å². The van der Waals surface area contributed by atoms with Crippen molar-refractivity contribution in [3.8, 4) is 0 Å². The number of carbonyl (C=O) groups excluding carboxylic acids is 1. The number of amides is 1. The average molecular weight is 197 g/mol. The molecule has 1 aliphatic rings. The lowest BCUT2D eigenvalue weighted by Gasteiger charge is -2.25. The van der Waals surface area contributed by atoms with E-state index in [2.05, 4.69) is 15.4 Å². The normalized spacial score (nSPS) is 17.6. The molecule has 0 aromatic heterocycles. The third-order valence-electron chi connectivity index (χ3n) is 2.22. The largest absolute Gasteiger partial charge is 0.294 e. The minimum Gasteiger partial charge on any atom is -0.294 e. The summed E-state index contributed by atoms with van der Waals surface area (Å²) in [6.07, 6.45) is 3.72. The topological polar surface area (TPSA) is 44.7 Å². The van der Waals surface area contributed by atoms with Gasteiger partial charge in [0.25, 0.3) is 5.91 Å². The first-order chi connectivity index (χ1) is 6.68. The van der Waals surface area contributed by atoms with Gasteiger partial charge in [0.1, 0.15) is 0 Å². The molecule has 4 nitrogen and oxygen atoms in total. The number of rotatable bonds is 3. The standard InChI is InChI=1S/C10H19N3O/c1-9(2)11-12-10(14)8-13-6-4-3-5-7-13/h3-8H2,1-2H3,(H,12,14). The van der Waals surface area contributed by atoms with Gasteiger partial charge in [-0.1, -0.05) is 6.42 Å². The van der Waals surface area contributed by atoms with E-state index < -0.39 is 0 Å². The van der Waals surface area contributed by atoms with Crippen LogP contribution < -0.4 is 5.43 Å². The average Bonchev–Trinajstić information content (AvgIpc) is 2.16. The van der Waals surface area contributed by atoms with Gasteiger partial charge >= 0.3 is 0 Å². The maximum atomic E-state index is 11.4. The van der Waals surface area contributed by atoms with Gasteiger partial charge in [-0.15, -0.1) is 0 Å². The maximum Gasteiger partial charge on any atom is 0.254 e. The molecule has 1 saturated heterocycles. The summed E-state index contributed by atoms with van der Waals surface area (Å²) in [7, 11) is 0. The fourth-order valence-electron chi connectivity index (χ4n) is 1.53. The van der Waals surface area contributed by atoms with E-state index in [-0.39, 0.29) is 5.91 Å². The van der Waals surface area contributed by atoms with Crippen LogP contribution >= 0.6 is 0 Å². The lowest BCUT2D eigenvalue weighted by atomic mass is 10.1. The van der Waals surface area contributed by atoms with E-state index in [1.165, 1.54) is 19.3 Å². The highest BCUT2D eigenvalue weighted by atomic mass is 16.2. The number of piperidine rings is 1. The molecule has 80 valence electrons. The molecule has 0 aromatic carbocycles. The summed E-state index contributed by atoms with van der Waals surface area (Å²) in [6, 6.07) is 0. The number of nitrogens with zero attached hydrogens (tertiary/aromatic N) is 2. The third-order valence-corrected chi connectivity index (χ3v) is 2.22. The maximum absolute atomic E-state index is 11.4. The second kappa shape index (κ2) is 5.75. The Hall–Kier alpha value is -0.900. The van der Waals surface area contributed by atoms with Gasteiger partial charge in [-0.05, 0) is 39.8 Å². The summed E-state index contributed by atoms with van der Waals surface area (Å²) in [5.74, 6) is -0.00639. The van der Waals surface area contributed by atoms with Crippen LogP contribution in [0.5, 0.6) is 0 Å². The van der Waals surface area contributed by atoms with Crippen LogP contribution in [0.15, 0.2) is 5.10 Å². The highest BCUT2D eigenvalue weighted by Gasteiger charge is 2.12. The molecular formula is C10H19N3O. The summed E-state index contributed by atoms with van der Waals surface area (Å²) in [6.45, 7) is 6.30. The zero-order valence-electron chi connectivity index (χ0n) is 9.05. The van der Waals surface area contributed by atoms with Gasteiger partial charge in [0.05, 0.1) is 6.54 Å². The van der Waals surface area contributed by atoms with Gasteiger partial charge in [-0.25, -0.2) is 5.43 Å². The summed E-state index contributed by atoms with van der Waals surface area (Å²) in [5.41, 5.74) is 3.41. The Labute approximate surface area is 85.4 Å². The second-order valence-corrected chi connectivity index (χ2v) is 3.93. The first-order valence-electron chi connectivity index (χ1n) is 5.20. The molecule has 1 rings (SSSR count). The van der Waals surface area contributed by atoms with Crippen molar-refractivity contribution in [3.63, 3.8) is 0 Å². The molecule has 0 spiro atoms. The van der Waals surface area contributed by atoms with Crippen LogP contribution in [0, 0.1) is 0 Å². The van der Waals surface area contributed by atoms with Crippen LogP contribution in [0.2, 0.25) is 0 Å². The molecule has 0 aliphatic carbocycles. The van der Waals surface area contributed by atoms with Crippen LogP contribution in [0.25, 0.3) is 0 Å². The van der Waals surface area contributed by atoms with Gasteiger partial charge in [0, 0.05) is 5.71 Å². The fourth-order valence-corrected chi connectivity index (χ4v) is 1.53. The van der Waals surface area contributed by atoms with Crippen molar-refractivity contribution in [2.24, 2.45) is 5.10 Å². The Balaban J connectivity index is 2.22. The molecule has 0 saturated carbocycles. The van der Waals surface area contributed by atoms with Crippen LogP contribution in [0.4, 0.5) is 0 Å². The van der Waals surface area contributed by atoms with Crippen LogP contribution in [-0.4, -0.2) is 36.2 Å². The second-order valence-electron chi connectivity index (χ2n) is 3.93. The Morgan fingerprint density at radius 3 is 2.50 bits per heavy atom. The van der Waals surface area contributed by atoms with Crippen molar-refractivity contribution in [1.29, 1.82) is 0 Å². The Morgan fingerprint density at radius 2 is 1.93 bits per heavy atom. The van der Waals surface area contributed by atoms with Gasteiger partial charge in [-0.2, -0.15) is 5.10 Å². The number of nitrogens with one attached hydrogen (secondary N) is 1. The molecule has 4 heteroatoms. The van der Waals surface area contributed by atoms with Crippen LogP contribution in [-0.2, 0) is 4.79 Å². The summed E-state index contributed by atoms with van der Waals surface area (Å²) >= 11 is 0. The lowest BCUT2D eigenvalue weighted by Crippen LogP contribution is -2.38. The quantitative estimate of drug-likeness (QED) is 0.541. The van der Waals surface area contributed by atoms with Crippen molar-refractivity contribution in [3.05, 3.63) is 0 Å². The summed E-state index contributed by atoms with van der Waals surface area (Å²) in [5, 5.41) is 3.88. The highest BCUT2D eigenvalue weighted by molar-refractivity contribution is 5.83. The zero-order chi connectivity index (χ0) is 10.4. The van der Waals surface area contributed by atoms with Crippen molar-refractivity contribution in [2.45, 2.75) is 33.1 Å². The minimum absolute atomic E-state index is 0.00639. The molecule has 0 unspecified atom stereocenters. The molecule has 0 radical (unpaired) electrons. The third kappa shape index (κ3) is 4.37. The first-order valence-corrected chi connectivity index (χ1v) is 5.20. The first kappa shape index (κ1) is 11.2. The smallest absolute Gasteiger partial charge is 0.254 e. The summed E-state index contributed by atoms with van der Waals surface area (Å²) < 4.78 is 0. The van der Waals surface area contributed by atoms with Crippen molar-refractivity contribution >= 4 is 11.6 Å². The van der Waals surface area contributed by atoms with E-state index in [0.717, 1.165) is 18.8 Å². The molecular weight excluding hydrogens is 178 g/mol. The molecule has 1 N–H and O–H groups in total. The van der Waals surface area contributed by atoms with Crippen molar-refractivity contribution < 1.29 is 4.79 Å². The number of likely N-dealkylation sites (tertiary alicyclic amines) is 1. The van der Waals surface area contributed by atoms with Crippen molar-refractivity contribution in [1.82, 2.24) is 10.3 Å². The Bertz CT molecular complexity index is 215. The predicted octanol–water partition coefficient (Wildman–Crippen LogP) is 0.984. The fraction of sp³-hybridized carbons (Fsp3) is 0.800. The van der Waals surface area contributed by atoms with E-state index in [1.54, 1.807) is 0 Å². The molecule has 1 heterocycles. The number of carbonyl (C=O) groups is 1. The SMILES string of the molecule is CC(C)=NNC(=O)CN1CCCCC1. The van der Waals surface area contributed by atoms with Crippen LogP contribution in [0.1, 0.15) is 33.1 Å². The molecule has 1 aliphatic heterocycles. The van der Waals surface area contributed by atoms with E-state index in [1.807, 2.05) is 13.8 Å². The zero-order valence-corrected chi connectivity index (χ0v) is 9.05. The minimum atomic E-state index is -0.00639. The number of hydrazone groups is 1. The molecule has 0 bridgehead atoms.